The second-order valence-corrected chi connectivity index (χ2v) is 5.28. The van der Waals surface area contributed by atoms with E-state index < -0.39 is 5.97 Å². The van der Waals surface area contributed by atoms with Crippen LogP contribution < -0.4 is 4.74 Å². The van der Waals surface area contributed by atoms with Crippen LogP contribution in [0.15, 0.2) is 41.3 Å². The van der Waals surface area contributed by atoms with Gasteiger partial charge >= 0.3 is 5.97 Å². The van der Waals surface area contributed by atoms with Gasteiger partial charge in [0.1, 0.15) is 28.7 Å². The maximum atomic E-state index is 11.2. The van der Waals surface area contributed by atoms with Crippen molar-refractivity contribution in [3.05, 3.63) is 52.5 Å². The van der Waals surface area contributed by atoms with Crippen LogP contribution in [-0.4, -0.2) is 17.3 Å². The number of carboxylic acid groups (broad SMARTS) is 1. The highest BCUT2D eigenvalue weighted by Gasteiger charge is 2.15. The minimum Gasteiger partial charge on any atom is -0.478 e. The molecule has 106 valence electrons. The van der Waals surface area contributed by atoms with Crippen LogP contribution in [0, 0.1) is 11.3 Å². The summed E-state index contributed by atoms with van der Waals surface area (Å²) >= 11 is 7.21. The first-order chi connectivity index (χ1) is 10.1. The topological polar surface area (TPSA) is 70.3 Å². The Morgan fingerprint density at radius 1 is 1.33 bits per heavy atom. The second kappa shape index (κ2) is 6.53. The molecule has 0 radical (unpaired) electrons. The number of benzene rings is 2. The van der Waals surface area contributed by atoms with Crippen molar-refractivity contribution >= 4 is 29.3 Å². The van der Waals surface area contributed by atoms with E-state index in [9.17, 15) is 15.2 Å². The predicted octanol–water partition coefficient (Wildman–Crippen LogP) is 4.42. The standard InChI is InChI=1S/C15H10ClNO3S/c1-21-14-4-2-3-12(11(14)8-17)20-13-6-5-9(16)7-10(13)15(18)19/h2-7H,1H3,(H,18,19). The maximum absolute atomic E-state index is 11.2. The number of thioether (sulfide) groups is 1. The Labute approximate surface area is 130 Å². The van der Waals surface area contributed by atoms with Crippen LogP contribution in [-0.2, 0) is 0 Å². The van der Waals surface area contributed by atoms with Gasteiger partial charge in [-0.1, -0.05) is 17.7 Å². The summed E-state index contributed by atoms with van der Waals surface area (Å²) in [6.45, 7) is 0. The number of nitrogens with zero attached hydrogens (tertiary/aromatic N) is 1. The van der Waals surface area contributed by atoms with Gasteiger partial charge in [-0.2, -0.15) is 5.26 Å². The highest BCUT2D eigenvalue weighted by Crippen LogP contribution is 2.33. The first-order valence-electron chi connectivity index (χ1n) is 5.84. The van der Waals surface area contributed by atoms with Crippen LogP contribution in [0.5, 0.6) is 11.5 Å². The van der Waals surface area contributed by atoms with Crippen molar-refractivity contribution in [3.63, 3.8) is 0 Å². The molecule has 2 aromatic rings. The van der Waals surface area contributed by atoms with Crippen molar-refractivity contribution in [1.82, 2.24) is 0 Å². The Morgan fingerprint density at radius 2 is 2.10 bits per heavy atom. The summed E-state index contributed by atoms with van der Waals surface area (Å²) in [7, 11) is 0. The van der Waals surface area contributed by atoms with Gasteiger partial charge in [0.05, 0.1) is 0 Å². The Kier molecular flexibility index (Phi) is 4.73. The van der Waals surface area contributed by atoms with Gasteiger partial charge in [-0.05, 0) is 36.6 Å². The van der Waals surface area contributed by atoms with Crippen molar-refractivity contribution in [2.45, 2.75) is 4.90 Å². The van der Waals surface area contributed by atoms with E-state index in [1.165, 1.54) is 30.0 Å². The van der Waals surface area contributed by atoms with Gasteiger partial charge in [-0.25, -0.2) is 4.79 Å². The molecular weight excluding hydrogens is 310 g/mol. The van der Waals surface area contributed by atoms with Gasteiger partial charge in [-0.3, -0.25) is 0 Å². The third kappa shape index (κ3) is 3.30. The Hall–Kier alpha value is -2.16. The van der Waals surface area contributed by atoms with Gasteiger partial charge in [0.25, 0.3) is 0 Å². The van der Waals surface area contributed by atoms with E-state index in [1.54, 1.807) is 18.2 Å². The zero-order chi connectivity index (χ0) is 15.4. The van der Waals surface area contributed by atoms with E-state index in [0.29, 0.717) is 16.3 Å². The molecule has 2 rings (SSSR count). The summed E-state index contributed by atoms with van der Waals surface area (Å²) in [5, 5.41) is 18.7. The summed E-state index contributed by atoms with van der Waals surface area (Å²) in [5.41, 5.74) is 0.317. The highest BCUT2D eigenvalue weighted by atomic mass is 35.5. The Morgan fingerprint density at radius 3 is 2.71 bits per heavy atom. The van der Waals surface area contributed by atoms with Gasteiger partial charge in [0, 0.05) is 9.92 Å². The summed E-state index contributed by atoms with van der Waals surface area (Å²) in [5.74, 6) is -0.692. The number of ether oxygens (including phenoxy) is 1. The summed E-state index contributed by atoms with van der Waals surface area (Å²) in [4.78, 5) is 12.0. The van der Waals surface area contributed by atoms with Gasteiger partial charge < -0.3 is 9.84 Å². The van der Waals surface area contributed by atoms with E-state index in [4.69, 9.17) is 16.3 Å². The SMILES string of the molecule is CSc1cccc(Oc2ccc(Cl)cc2C(=O)O)c1C#N. The fraction of sp³-hybridized carbons (Fsp3) is 0.0667. The van der Waals surface area contributed by atoms with Crippen molar-refractivity contribution in [1.29, 1.82) is 5.26 Å². The van der Waals surface area contributed by atoms with Gasteiger partial charge in [0.2, 0.25) is 0 Å². The van der Waals surface area contributed by atoms with Gasteiger partial charge in [-0.15, -0.1) is 11.8 Å². The number of rotatable bonds is 4. The van der Waals surface area contributed by atoms with Crippen LogP contribution in [0.3, 0.4) is 0 Å². The van der Waals surface area contributed by atoms with E-state index in [2.05, 4.69) is 6.07 Å². The molecule has 0 saturated heterocycles. The lowest BCUT2D eigenvalue weighted by Crippen LogP contribution is -2.01. The quantitative estimate of drug-likeness (QED) is 0.844. The van der Waals surface area contributed by atoms with Crippen LogP contribution in [0.4, 0.5) is 0 Å². The first-order valence-corrected chi connectivity index (χ1v) is 7.45. The minimum absolute atomic E-state index is 0.0547. The fourth-order valence-electron chi connectivity index (χ4n) is 1.75. The zero-order valence-electron chi connectivity index (χ0n) is 11.0. The number of hydrogen-bond acceptors (Lipinski definition) is 4. The smallest absolute Gasteiger partial charge is 0.339 e. The van der Waals surface area contributed by atoms with E-state index in [1.807, 2.05) is 6.26 Å². The molecule has 0 aliphatic carbocycles. The lowest BCUT2D eigenvalue weighted by Gasteiger charge is -2.11. The molecule has 1 N–H and O–H groups in total. The number of aromatic carboxylic acids is 1. The minimum atomic E-state index is -1.15. The monoisotopic (exact) mass is 319 g/mol. The van der Waals surface area contributed by atoms with E-state index >= 15 is 0 Å². The summed E-state index contributed by atoms with van der Waals surface area (Å²) < 4.78 is 5.62. The lowest BCUT2D eigenvalue weighted by molar-refractivity contribution is 0.0694. The molecule has 0 atom stereocenters. The Balaban J connectivity index is 2.49. The van der Waals surface area contributed by atoms with Crippen LogP contribution in [0.2, 0.25) is 5.02 Å². The maximum Gasteiger partial charge on any atom is 0.339 e. The molecule has 0 saturated carbocycles. The summed E-state index contributed by atoms with van der Waals surface area (Å²) in [6, 6.07) is 11.6. The molecule has 0 spiro atoms. The average Bonchev–Trinajstić information content (AvgIpc) is 2.48. The fourth-order valence-corrected chi connectivity index (χ4v) is 2.49. The molecule has 2 aromatic carbocycles. The molecule has 0 aromatic heterocycles. The number of carbonyl (C=O) groups is 1. The van der Waals surface area contributed by atoms with Crippen molar-refractivity contribution in [3.8, 4) is 17.6 Å². The molecule has 0 aliphatic rings. The molecule has 4 nitrogen and oxygen atoms in total. The summed E-state index contributed by atoms with van der Waals surface area (Å²) in [6.07, 6.45) is 1.85. The van der Waals surface area contributed by atoms with Crippen molar-refractivity contribution in [2.75, 3.05) is 6.26 Å². The average molecular weight is 320 g/mol. The molecular formula is C15H10ClNO3S. The van der Waals surface area contributed by atoms with Crippen LogP contribution in [0.25, 0.3) is 0 Å². The number of halogens is 1. The Bertz CT molecular complexity index is 740. The number of nitriles is 1. The van der Waals surface area contributed by atoms with Crippen LogP contribution >= 0.6 is 23.4 Å². The largest absolute Gasteiger partial charge is 0.478 e. The lowest BCUT2D eigenvalue weighted by atomic mass is 10.2. The third-order valence-electron chi connectivity index (χ3n) is 2.71. The molecule has 21 heavy (non-hydrogen) atoms. The first kappa shape index (κ1) is 15.2. The predicted molar refractivity (Wildman–Crippen MR) is 81.4 cm³/mol. The number of carboxylic acids is 1. The van der Waals surface area contributed by atoms with E-state index in [-0.39, 0.29) is 11.3 Å². The van der Waals surface area contributed by atoms with Crippen molar-refractivity contribution in [2.24, 2.45) is 0 Å². The van der Waals surface area contributed by atoms with E-state index in [0.717, 1.165) is 4.90 Å². The molecule has 0 bridgehead atoms. The highest BCUT2D eigenvalue weighted by molar-refractivity contribution is 7.98. The molecule has 0 aliphatic heterocycles. The zero-order valence-corrected chi connectivity index (χ0v) is 12.5. The third-order valence-corrected chi connectivity index (χ3v) is 3.73. The molecule has 0 fully saturated rings. The molecule has 6 heteroatoms. The molecule has 0 heterocycles. The van der Waals surface area contributed by atoms with Crippen LogP contribution in [0.1, 0.15) is 15.9 Å². The molecule has 0 unspecified atom stereocenters. The van der Waals surface area contributed by atoms with Gasteiger partial charge in [0.15, 0.2) is 0 Å². The normalized spacial score (nSPS) is 9.95. The molecule has 0 amide bonds. The second-order valence-electron chi connectivity index (χ2n) is 3.99. The van der Waals surface area contributed by atoms with Crippen molar-refractivity contribution < 1.29 is 14.6 Å². The number of hydrogen-bond donors (Lipinski definition) is 1.